The molecular weight excluding hydrogens is 433 g/mol. The highest BCUT2D eigenvalue weighted by atomic mass is 19.4. The Morgan fingerprint density at radius 2 is 1.75 bits per heavy atom. The van der Waals surface area contributed by atoms with Crippen LogP contribution in [0.2, 0.25) is 0 Å². The molecule has 2 aliphatic rings. The van der Waals surface area contributed by atoms with Crippen molar-refractivity contribution in [1.29, 1.82) is 0 Å². The molecule has 2 aromatic heterocycles. The smallest absolute Gasteiger partial charge is 0.369 e. The van der Waals surface area contributed by atoms with E-state index >= 15 is 0 Å². The normalized spacial score (nSPS) is 22.6. The van der Waals surface area contributed by atoms with Gasteiger partial charge in [0.25, 0.3) is 0 Å². The molecule has 0 aromatic carbocycles. The summed E-state index contributed by atoms with van der Waals surface area (Å²) in [5.41, 5.74) is 12.5. The fourth-order valence-corrected chi connectivity index (χ4v) is 4.80. The molecule has 3 atom stereocenters. The molecular formula is C21H26F5N5O. The predicted molar refractivity (Wildman–Crippen MR) is 106 cm³/mol. The van der Waals surface area contributed by atoms with Gasteiger partial charge >= 0.3 is 6.18 Å². The number of aromatic nitrogens is 3. The van der Waals surface area contributed by atoms with Gasteiger partial charge in [-0.3, -0.25) is 9.20 Å². The summed E-state index contributed by atoms with van der Waals surface area (Å²) in [6, 6.07) is 1.04. The SMILES string of the molecule is NC(=O)C(CC(F)(F)F)[C@H](c1ccn2cc([C@@H](N)C3CCC(F)(F)CC3)nc2n1)C1CC1. The Labute approximate surface area is 181 Å². The van der Waals surface area contributed by atoms with Crippen molar-refractivity contribution in [3.8, 4) is 0 Å². The first kappa shape index (κ1) is 22.9. The van der Waals surface area contributed by atoms with E-state index in [2.05, 4.69) is 9.97 Å². The summed E-state index contributed by atoms with van der Waals surface area (Å²) >= 11 is 0. The molecule has 1 unspecified atom stereocenters. The Kier molecular flexibility index (Phi) is 5.89. The third kappa shape index (κ3) is 5.02. The van der Waals surface area contributed by atoms with E-state index in [0.29, 0.717) is 37.1 Å². The van der Waals surface area contributed by atoms with Crippen molar-refractivity contribution in [1.82, 2.24) is 14.4 Å². The zero-order valence-electron chi connectivity index (χ0n) is 17.4. The second-order valence-corrected chi connectivity index (χ2v) is 9.14. The van der Waals surface area contributed by atoms with Crippen LogP contribution in [0, 0.1) is 17.8 Å². The molecule has 2 heterocycles. The number of nitrogens with zero attached hydrogens (tertiary/aromatic N) is 3. The molecule has 6 nitrogen and oxygen atoms in total. The van der Waals surface area contributed by atoms with Gasteiger partial charge in [-0.1, -0.05) is 0 Å². The summed E-state index contributed by atoms with van der Waals surface area (Å²) in [5.74, 6) is -5.78. The number of carbonyl (C=O) groups is 1. The van der Waals surface area contributed by atoms with E-state index in [1.165, 1.54) is 0 Å². The molecule has 2 aliphatic carbocycles. The third-order valence-electron chi connectivity index (χ3n) is 6.70. The van der Waals surface area contributed by atoms with Crippen LogP contribution in [0.1, 0.15) is 68.3 Å². The van der Waals surface area contributed by atoms with Gasteiger partial charge in [0.05, 0.1) is 29.8 Å². The number of hydrogen-bond donors (Lipinski definition) is 2. The summed E-state index contributed by atoms with van der Waals surface area (Å²) in [4.78, 5) is 20.8. The molecule has 0 spiro atoms. The highest BCUT2D eigenvalue weighted by molar-refractivity contribution is 5.78. The van der Waals surface area contributed by atoms with E-state index < -0.39 is 42.3 Å². The van der Waals surface area contributed by atoms with E-state index in [0.717, 1.165) is 0 Å². The quantitative estimate of drug-likeness (QED) is 0.609. The topological polar surface area (TPSA) is 99.3 Å². The summed E-state index contributed by atoms with van der Waals surface area (Å²) < 4.78 is 67.8. The largest absolute Gasteiger partial charge is 0.389 e. The van der Waals surface area contributed by atoms with Crippen molar-refractivity contribution < 1.29 is 26.7 Å². The molecule has 4 N–H and O–H groups in total. The number of alkyl halides is 5. The fraction of sp³-hybridized carbons (Fsp3) is 0.667. The highest BCUT2D eigenvalue weighted by Gasteiger charge is 2.46. The van der Waals surface area contributed by atoms with Crippen molar-refractivity contribution in [2.24, 2.45) is 29.2 Å². The molecule has 2 aromatic rings. The molecule has 0 bridgehead atoms. The van der Waals surface area contributed by atoms with Gasteiger partial charge in [0.1, 0.15) is 0 Å². The van der Waals surface area contributed by atoms with Gasteiger partial charge in [-0.2, -0.15) is 13.2 Å². The predicted octanol–water partition coefficient (Wildman–Crippen LogP) is 4.10. The molecule has 176 valence electrons. The van der Waals surface area contributed by atoms with Gasteiger partial charge in [-0.25, -0.2) is 18.7 Å². The van der Waals surface area contributed by atoms with E-state index in [9.17, 15) is 26.7 Å². The number of imidazole rings is 1. The Balaban J connectivity index is 1.59. The maximum absolute atomic E-state index is 13.5. The lowest BCUT2D eigenvalue weighted by Gasteiger charge is -2.31. The first-order valence-electron chi connectivity index (χ1n) is 10.8. The number of carbonyl (C=O) groups excluding carboxylic acids is 1. The molecule has 11 heteroatoms. The number of amides is 1. The van der Waals surface area contributed by atoms with E-state index in [1.807, 2.05) is 0 Å². The van der Waals surface area contributed by atoms with Crippen LogP contribution in [-0.2, 0) is 4.79 Å². The summed E-state index contributed by atoms with van der Waals surface area (Å²) in [6.45, 7) is 0. The standard InChI is InChI=1S/C21H26F5N5O/c22-20(23)6-3-12(4-7-20)17(27)15-10-31-8-5-14(29-19(31)30-15)16(11-1-2-11)13(18(28)32)9-21(24,25)26/h5,8,10-13,16-17H,1-4,6-7,9,27H2,(H2,28,32)/t13?,16-,17+/m1/s1. The number of hydrogen-bond acceptors (Lipinski definition) is 4. The van der Waals surface area contributed by atoms with Gasteiger partial charge in [0.2, 0.25) is 17.6 Å². The van der Waals surface area contributed by atoms with E-state index in [4.69, 9.17) is 11.5 Å². The molecule has 0 saturated heterocycles. The minimum Gasteiger partial charge on any atom is -0.369 e. The average Bonchev–Trinajstić information content (AvgIpc) is 3.43. The van der Waals surface area contributed by atoms with Crippen LogP contribution in [0.5, 0.6) is 0 Å². The van der Waals surface area contributed by atoms with Crippen LogP contribution in [0.3, 0.4) is 0 Å². The third-order valence-corrected chi connectivity index (χ3v) is 6.70. The number of primary amides is 1. The van der Waals surface area contributed by atoms with Crippen LogP contribution in [-0.4, -0.2) is 32.4 Å². The Morgan fingerprint density at radius 1 is 1.12 bits per heavy atom. The Morgan fingerprint density at radius 3 is 2.31 bits per heavy atom. The lowest BCUT2D eigenvalue weighted by atomic mass is 9.81. The highest BCUT2D eigenvalue weighted by Crippen LogP contribution is 2.48. The number of halogens is 5. The van der Waals surface area contributed by atoms with E-state index in [-0.39, 0.29) is 30.5 Å². The molecule has 4 rings (SSSR count). The molecule has 32 heavy (non-hydrogen) atoms. The summed E-state index contributed by atoms with van der Waals surface area (Å²) in [6.07, 6.45) is -0.964. The van der Waals surface area contributed by atoms with Crippen LogP contribution in [0.25, 0.3) is 5.78 Å². The van der Waals surface area contributed by atoms with E-state index in [1.54, 1.807) is 22.9 Å². The average molecular weight is 459 g/mol. The number of nitrogens with two attached hydrogens (primary N) is 2. The monoisotopic (exact) mass is 459 g/mol. The van der Waals surface area contributed by atoms with Gasteiger partial charge < -0.3 is 11.5 Å². The fourth-order valence-electron chi connectivity index (χ4n) is 4.80. The lowest BCUT2D eigenvalue weighted by Crippen LogP contribution is -2.34. The van der Waals surface area contributed by atoms with Crippen molar-refractivity contribution in [2.45, 2.75) is 69.0 Å². The summed E-state index contributed by atoms with van der Waals surface area (Å²) in [7, 11) is 0. The van der Waals surface area contributed by atoms with Crippen LogP contribution in [0.15, 0.2) is 18.5 Å². The molecule has 1 amide bonds. The van der Waals surface area contributed by atoms with Crippen molar-refractivity contribution in [3.05, 3.63) is 29.8 Å². The zero-order valence-corrected chi connectivity index (χ0v) is 17.4. The second kappa shape index (κ2) is 8.24. The van der Waals surface area contributed by atoms with Crippen LogP contribution in [0.4, 0.5) is 22.0 Å². The van der Waals surface area contributed by atoms with Crippen LogP contribution < -0.4 is 11.5 Å². The minimum atomic E-state index is -4.53. The van der Waals surface area contributed by atoms with Crippen LogP contribution >= 0.6 is 0 Å². The Hall–Kier alpha value is -2.30. The Bertz CT molecular complexity index is 977. The number of fused-ring (bicyclic) bond motifs is 1. The molecule has 2 saturated carbocycles. The lowest BCUT2D eigenvalue weighted by molar-refractivity contribution is -0.155. The van der Waals surface area contributed by atoms with Gasteiger partial charge in [0, 0.05) is 31.2 Å². The summed E-state index contributed by atoms with van der Waals surface area (Å²) in [5, 5.41) is 0. The maximum Gasteiger partial charge on any atom is 0.389 e. The first-order valence-corrected chi connectivity index (χ1v) is 10.8. The van der Waals surface area contributed by atoms with Crippen molar-refractivity contribution in [2.75, 3.05) is 0 Å². The van der Waals surface area contributed by atoms with Gasteiger partial charge in [-0.05, 0) is 43.6 Å². The van der Waals surface area contributed by atoms with Crippen molar-refractivity contribution in [3.63, 3.8) is 0 Å². The van der Waals surface area contributed by atoms with Gasteiger partial charge in [-0.15, -0.1) is 0 Å². The molecule has 2 fully saturated rings. The zero-order chi connectivity index (χ0) is 23.3. The maximum atomic E-state index is 13.5. The van der Waals surface area contributed by atoms with Crippen molar-refractivity contribution >= 4 is 11.7 Å². The molecule has 0 aliphatic heterocycles. The first-order chi connectivity index (χ1) is 14.9. The number of rotatable bonds is 7. The minimum absolute atomic E-state index is 0.0922. The molecule has 0 radical (unpaired) electrons. The second-order valence-electron chi connectivity index (χ2n) is 9.14. The van der Waals surface area contributed by atoms with Gasteiger partial charge in [0.15, 0.2) is 0 Å².